The molecule has 5 N–H and O–H groups in total. The quantitative estimate of drug-likeness (QED) is 0.0672. The predicted molar refractivity (Wildman–Crippen MR) is 191 cm³/mol. The lowest BCUT2D eigenvalue weighted by molar-refractivity contribution is -0.918. The van der Waals surface area contributed by atoms with Gasteiger partial charge in [-0.05, 0) is 73.2 Å². The number of amides is 3. The van der Waals surface area contributed by atoms with E-state index in [1.165, 1.54) is 59.2 Å². The molecular formula is C36H38F4N4O8S2+2. The molecule has 5 rings (SSSR count). The number of likely N-dealkylation sites (tertiary alicyclic amines) is 1. The molecule has 1 saturated heterocycles. The van der Waals surface area contributed by atoms with E-state index in [0.717, 1.165) is 40.5 Å². The van der Waals surface area contributed by atoms with Crippen LogP contribution in [-0.4, -0.2) is 83.7 Å². The number of rotatable bonds is 10. The van der Waals surface area contributed by atoms with Gasteiger partial charge in [-0.15, -0.1) is 11.3 Å². The van der Waals surface area contributed by atoms with Crippen molar-refractivity contribution in [2.24, 2.45) is 5.73 Å². The largest absolute Gasteiger partial charge is 0.508 e. The lowest BCUT2D eigenvalue weighted by atomic mass is 10.0. The van der Waals surface area contributed by atoms with Crippen LogP contribution in [0, 0.1) is 12.7 Å². The molecule has 1 aromatic heterocycles. The van der Waals surface area contributed by atoms with E-state index >= 15 is 0 Å². The van der Waals surface area contributed by atoms with Gasteiger partial charge in [-0.3, -0.25) is 4.79 Å². The SMILES string of the molecule is Cc1ccc(S(=O)(=O)Oc2ccc(NC(=O)/[N+](=C3\CCC[N+](C)(Cc4ccc(F)cc4)C3)[C@@H](Cc3ccc(O)cc3)C(N)=O)cc2)s1.O=C(O)C(F)(F)F. The van der Waals surface area contributed by atoms with Crippen LogP contribution in [0.25, 0.3) is 0 Å². The molecule has 1 aliphatic heterocycles. The van der Waals surface area contributed by atoms with Crippen molar-refractivity contribution in [3.63, 3.8) is 0 Å². The highest BCUT2D eigenvalue weighted by Crippen LogP contribution is 2.26. The average molecular weight is 795 g/mol. The Hall–Kier alpha value is -5.33. The fraction of sp³-hybridized carbons (Fsp3) is 0.278. The van der Waals surface area contributed by atoms with Crippen molar-refractivity contribution in [2.45, 2.75) is 49.2 Å². The highest BCUT2D eigenvalue weighted by atomic mass is 32.3. The van der Waals surface area contributed by atoms with Crippen LogP contribution in [0.2, 0.25) is 0 Å². The van der Waals surface area contributed by atoms with Crippen molar-refractivity contribution in [2.75, 3.05) is 25.5 Å². The van der Waals surface area contributed by atoms with E-state index in [4.69, 9.17) is 19.8 Å². The van der Waals surface area contributed by atoms with Gasteiger partial charge in [0, 0.05) is 29.7 Å². The number of anilines is 1. The Kier molecular flexibility index (Phi) is 13.2. The van der Waals surface area contributed by atoms with Gasteiger partial charge in [0.1, 0.15) is 41.8 Å². The summed E-state index contributed by atoms with van der Waals surface area (Å²) in [6.45, 7) is 3.64. The van der Waals surface area contributed by atoms with Gasteiger partial charge in [0.2, 0.25) is 0 Å². The van der Waals surface area contributed by atoms with Crippen molar-refractivity contribution >= 4 is 50.8 Å². The zero-order chi connectivity index (χ0) is 39.8. The number of phenolic OH excluding ortho intramolecular Hbond substituents is 1. The number of piperidine rings is 1. The molecule has 1 unspecified atom stereocenters. The Balaban J connectivity index is 0.000000845. The number of carboxylic acids is 1. The number of hydrogen-bond acceptors (Lipinski definition) is 8. The first kappa shape index (κ1) is 41.4. The fourth-order valence-electron chi connectivity index (χ4n) is 5.80. The van der Waals surface area contributed by atoms with Crippen LogP contribution in [0.5, 0.6) is 11.5 Å². The van der Waals surface area contributed by atoms with E-state index in [2.05, 4.69) is 12.4 Å². The van der Waals surface area contributed by atoms with Crippen LogP contribution in [0.4, 0.5) is 28.0 Å². The molecule has 0 spiro atoms. The summed E-state index contributed by atoms with van der Waals surface area (Å²) in [4.78, 5) is 36.8. The second kappa shape index (κ2) is 17.2. The van der Waals surface area contributed by atoms with E-state index in [0.29, 0.717) is 35.2 Å². The van der Waals surface area contributed by atoms with Crippen molar-refractivity contribution in [1.29, 1.82) is 0 Å². The molecule has 0 radical (unpaired) electrons. The van der Waals surface area contributed by atoms with Crippen LogP contribution >= 0.6 is 11.3 Å². The summed E-state index contributed by atoms with van der Waals surface area (Å²) < 4.78 is 78.0. The third-order valence-electron chi connectivity index (χ3n) is 8.29. The normalized spacial score (nSPS) is 17.4. The summed E-state index contributed by atoms with van der Waals surface area (Å²) >= 11 is 1.10. The first-order valence-electron chi connectivity index (χ1n) is 16.3. The molecule has 4 aromatic rings. The first-order chi connectivity index (χ1) is 25.2. The lowest BCUT2D eigenvalue weighted by Gasteiger charge is -2.38. The minimum atomic E-state index is -5.08. The highest BCUT2D eigenvalue weighted by Gasteiger charge is 2.40. The lowest BCUT2D eigenvalue weighted by Crippen LogP contribution is -2.56. The van der Waals surface area contributed by atoms with Gasteiger partial charge < -0.3 is 24.6 Å². The topological polar surface area (TPSA) is 176 Å². The van der Waals surface area contributed by atoms with Crippen LogP contribution < -0.4 is 15.2 Å². The third-order valence-corrected chi connectivity index (χ3v) is 11.0. The molecule has 0 saturated carbocycles. The zero-order valence-corrected chi connectivity index (χ0v) is 30.7. The van der Waals surface area contributed by atoms with Gasteiger partial charge in [-0.1, -0.05) is 24.3 Å². The smallest absolute Gasteiger partial charge is 0.496 e. The molecular weight excluding hydrogens is 757 g/mol. The number of aromatic hydroxyl groups is 1. The number of quaternary nitrogens is 1. The van der Waals surface area contributed by atoms with E-state index < -0.39 is 40.2 Å². The molecule has 3 amide bonds. The summed E-state index contributed by atoms with van der Waals surface area (Å²) in [5.41, 5.74) is 8.67. The summed E-state index contributed by atoms with van der Waals surface area (Å²) in [5.74, 6) is -3.63. The van der Waals surface area contributed by atoms with E-state index in [1.54, 1.807) is 37.3 Å². The zero-order valence-electron chi connectivity index (χ0n) is 29.0. The number of urea groups is 1. The monoisotopic (exact) mass is 794 g/mol. The number of aliphatic carboxylic acids is 1. The van der Waals surface area contributed by atoms with E-state index in [-0.39, 0.29) is 27.9 Å². The number of carbonyl (C=O) groups is 3. The molecule has 0 aliphatic carbocycles. The maximum atomic E-state index is 14.1. The maximum Gasteiger partial charge on any atom is 0.496 e. The van der Waals surface area contributed by atoms with Crippen LogP contribution in [-0.2, 0) is 32.7 Å². The van der Waals surface area contributed by atoms with E-state index in [9.17, 15) is 40.7 Å². The number of halogens is 4. The van der Waals surface area contributed by atoms with Crippen LogP contribution in [0.15, 0.2) is 89.1 Å². The Morgan fingerprint density at radius 1 is 0.981 bits per heavy atom. The molecule has 1 fully saturated rings. The minimum absolute atomic E-state index is 0.0696. The van der Waals surface area contributed by atoms with Crippen LogP contribution in [0.1, 0.15) is 28.8 Å². The van der Waals surface area contributed by atoms with Crippen molar-refractivity contribution < 1.29 is 63.8 Å². The van der Waals surface area contributed by atoms with Gasteiger partial charge in [0.15, 0.2) is 10.3 Å². The number of nitrogens with one attached hydrogen (secondary N) is 1. The number of benzene rings is 3. The number of hydrogen-bond donors (Lipinski definition) is 4. The average Bonchev–Trinajstić information content (AvgIpc) is 3.54. The van der Waals surface area contributed by atoms with Crippen molar-refractivity contribution in [1.82, 2.24) is 0 Å². The Morgan fingerprint density at radius 2 is 1.57 bits per heavy atom. The number of primary amides is 1. The second-order valence-electron chi connectivity index (χ2n) is 12.8. The molecule has 3 aromatic carbocycles. The standard InChI is InChI=1S/C34H35FN4O6S2.C2HF3O2/c1-23-5-18-32(46-23)47(43,44)45-30-16-12-27(13-17-30)37-34(42)38(31(33(36)41)20-24-8-14-29(40)15-9-24)28-4-3-19-39(2,22-28)21-25-6-10-26(35)11-7-25;3-2(4,5)1(6)7/h5-18,31H,3-4,19-22H2,1-2H3,(H2-2,36,37,40,41,42);(H,6,7)/p+2/b38-28+;/t31-,39?;/m0./s1. The number of carbonyl (C=O) groups excluding carboxylic acids is 2. The summed E-state index contributed by atoms with van der Waals surface area (Å²) in [7, 11) is -1.96. The number of nitrogens with two attached hydrogens (primary N) is 1. The van der Waals surface area contributed by atoms with Crippen molar-refractivity contribution in [3.05, 3.63) is 107 Å². The van der Waals surface area contributed by atoms with E-state index in [1.807, 2.05) is 0 Å². The van der Waals surface area contributed by atoms with Crippen molar-refractivity contribution in [3.8, 4) is 11.5 Å². The van der Waals surface area contributed by atoms with Gasteiger partial charge in [-0.25, -0.2) is 14.5 Å². The number of carboxylic acid groups (broad SMARTS) is 1. The molecule has 288 valence electrons. The van der Waals surface area contributed by atoms with Gasteiger partial charge in [0.05, 0.1) is 13.6 Å². The number of aryl methyl sites for hydroxylation is 1. The predicted octanol–water partition coefficient (Wildman–Crippen LogP) is 5.82. The Labute approximate surface area is 312 Å². The summed E-state index contributed by atoms with van der Waals surface area (Å²) in [5, 5.41) is 19.7. The fourth-order valence-corrected chi connectivity index (χ4v) is 7.97. The first-order valence-corrected chi connectivity index (χ1v) is 18.5. The Bertz CT molecular complexity index is 2110. The molecule has 2 heterocycles. The summed E-state index contributed by atoms with van der Waals surface area (Å²) in [6, 6.07) is 20.1. The number of nitrogens with zero attached hydrogens (tertiary/aromatic N) is 2. The van der Waals surface area contributed by atoms with Gasteiger partial charge >= 0.3 is 28.3 Å². The minimum Gasteiger partial charge on any atom is -0.508 e. The number of alkyl halides is 3. The Morgan fingerprint density at radius 3 is 2.11 bits per heavy atom. The molecule has 12 nitrogen and oxygen atoms in total. The second-order valence-corrected chi connectivity index (χ2v) is 15.8. The third kappa shape index (κ3) is 11.6. The molecule has 54 heavy (non-hydrogen) atoms. The van der Waals surface area contributed by atoms with Gasteiger partial charge in [0.25, 0.3) is 5.91 Å². The van der Waals surface area contributed by atoms with Gasteiger partial charge in [-0.2, -0.15) is 31.0 Å². The number of phenols is 1. The maximum absolute atomic E-state index is 14.1. The highest BCUT2D eigenvalue weighted by molar-refractivity contribution is 7.89. The van der Waals surface area contributed by atoms with Crippen LogP contribution in [0.3, 0.4) is 0 Å². The molecule has 0 bridgehead atoms. The number of thiophene rings is 1. The molecule has 18 heteroatoms. The summed E-state index contributed by atoms with van der Waals surface area (Å²) in [6.07, 6.45) is -3.68. The molecule has 1 aliphatic rings. The molecule has 2 atom stereocenters.